The summed E-state index contributed by atoms with van der Waals surface area (Å²) in [5, 5.41) is 3.46. The zero-order valence-electron chi connectivity index (χ0n) is 12.5. The molecule has 1 N–H and O–H groups in total. The number of carbonyl (C=O) groups is 1. The number of rotatable bonds is 4. The summed E-state index contributed by atoms with van der Waals surface area (Å²) in [5.41, 5.74) is 0. The average Bonchev–Trinajstić information content (AvgIpc) is 2.82. The third kappa shape index (κ3) is 5.47. The molecule has 0 aromatic rings. The van der Waals surface area contributed by atoms with Crippen molar-refractivity contribution < 1.29 is 18.0 Å². The van der Waals surface area contributed by atoms with Gasteiger partial charge in [0.2, 0.25) is 5.91 Å². The molecule has 2 aliphatic rings. The van der Waals surface area contributed by atoms with Gasteiger partial charge in [-0.1, -0.05) is 0 Å². The van der Waals surface area contributed by atoms with Crippen molar-refractivity contribution in [3.8, 4) is 0 Å². The minimum absolute atomic E-state index is 0.118. The van der Waals surface area contributed by atoms with Crippen molar-refractivity contribution in [2.75, 3.05) is 39.3 Å². The van der Waals surface area contributed by atoms with E-state index < -0.39 is 12.7 Å². The van der Waals surface area contributed by atoms with E-state index in [0.717, 1.165) is 38.9 Å². The predicted octanol–water partition coefficient (Wildman–Crippen LogP) is 1.47. The second kappa shape index (κ2) is 6.96. The highest BCUT2D eigenvalue weighted by molar-refractivity contribution is 5.73. The number of piperidine rings is 1. The third-order valence-corrected chi connectivity index (χ3v) is 4.41. The Bertz CT molecular complexity index is 354. The van der Waals surface area contributed by atoms with Crippen LogP contribution in [0.25, 0.3) is 0 Å². The van der Waals surface area contributed by atoms with Gasteiger partial charge in [-0.2, -0.15) is 13.2 Å². The number of amides is 1. The summed E-state index contributed by atoms with van der Waals surface area (Å²) in [5.74, 6) is 0.422. The Labute approximate surface area is 123 Å². The normalized spacial score (nSPS) is 25.5. The van der Waals surface area contributed by atoms with Gasteiger partial charge in [0.25, 0.3) is 0 Å². The van der Waals surface area contributed by atoms with Gasteiger partial charge in [0.15, 0.2) is 0 Å². The lowest BCUT2D eigenvalue weighted by Crippen LogP contribution is -2.45. The van der Waals surface area contributed by atoms with Crippen LogP contribution in [0.3, 0.4) is 0 Å². The lowest BCUT2D eigenvalue weighted by Gasteiger charge is -2.32. The molecule has 2 heterocycles. The van der Waals surface area contributed by atoms with Crippen molar-refractivity contribution in [3.63, 3.8) is 0 Å². The highest BCUT2D eigenvalue weighted by atomic mass is 19.4. The monoisotopic (exact) mass is 307 g/mol. The Balaban J connectivity index is 1.63. The van der Waals surface area contributed by atoms with E-state index in [-0.39, 0.29) is 5.91 Å². The number of likely N-dealkylation sites (tertiary alicyclic amines) is 2. The molecule has 0 saturated carbocycles. The molecule has 2 saturated heterocycles. The van der Waals surface area contributed by atoms with E-state index in [1.807, 2.05) is 4.90 Å². The van der Waals surface area contributed by atoms with Crippen molar-refractivity contribution in [1.82, 2.24) is 15.1 Å². The topological polar surface area (TPSA) is 35.6 Å². The first-order valence-corrected chi connectivity index (χ1v) is 7.61. The fourth-order valence-corrected chi connectivity index (χ4v) is 3.21. The lowest BCUT2D eigenvalue weighted by atomic mass is 10.0. The number of nitrogens with one attached hydrogen (secondary N) is 1. The number of nitrogens with zero attached hydrogens (tertiary/aromatic N) is 2. The fourth-order valence-electron chi connectivity index (χ4n) is 3.21. The van der Waals surface area contributed by atoms with E-state index in [9.17, 15) is 18.0 Å². The van der Waals surface area contributed by atoms with E-state index in [4.69, 9.17) is 0 Å². The Hall–Kier alpha value is -0.820. The lowest BCUT2D eigenvalue weighted by molar-refractivity contribution is -0.143. The maximum Gasteiger partial charge on any atom is 0.401 e. The molecular weight excluding hydrogens is 283 g/mol. The van der Waals surface area contributed by atoms with Gasteiger partial charge in [0.1, 0.15) is 0 Å². The quantitative estimate of drug-likeness (QED) is 0.854. The van der Waals surface area contributed by atoms with E-state index in [2.05, 4.69) is 5.32 Å². The molecule has 0 aromatic heterocycles. The maximum absolute atomic E-state index is 12.3. The highest BCUT2D eigenvalue weighted by Crippen LogP contribution is 2.22. The maximum atomic E-state index is 12.3. The Morgan fingerprint density at radius 2 is 1.86 bits per heavy atom. The van der Waals surface area contributed by atoms with Gasteiger partial charge >= 0.3 is 6.18 Å². The summed E-state index contributed by atoms with van der Waals surface area (Å²) in [7, 11) is 0. The summed E-state index contributed by atoms with van der Waals surface area (Å²) >= 11 is 0. The van der Waals surface area contributed by atoms with Gasteiger partial charge in [0, 0.05) is 32.6 Å². The van der Waals surface area contributed by atoms with Gasteiger partial charge < -0.3 is 10.2 Å². The second-order valence-electron chi connectivity index (χ2n) is 6.19. The van der Waals surface area contributed by atoms with Crippen LogP contribution in [0.4, 0.5) is 13.2 Å². The van der Waals surface area contributed by atoms with Crippen LogP contribution < -0.4 is 5.32 Å². The van der Waals surface area contributed by atoms with E-state index in [1.54, 1.807) is 6.92 Å². The summed E-state index contributed by atoms with van der Waals surface area (Å²) in [6.45, 7) is 4.18. The minimum Gasteiger partial charge on any atom is -0.343 e. The molecule has 122 valence electrons. The van der Waals surface area contributed by atoms with Crippen LogP contribution in [-0.4, -0.2) is 67.2 Å². The van der Waals surface area contributed by atoms with Crippen LogP contribution in [0.15, 0.2) is 0 Å². The predicted molar refractivity (Wildman–Crippen MR) is 73.9 cm³/mol. The summed E-state index contributed by atoms with van der Waals surface area (Å²) in [6, 6.07) is 0.386. The molecule has 0 bridgehead atoms. The van der Waals surface area contributed by atoms with Crippen LogP contribution in [0.1, 0.15) is 26.2 Å². The summed E-state index contributed by atoms with van der Waals surface area (Å²) in [6.07, 6.45) is -1.41. The van der Waals surface area contributed by atoms with Crippen molar-refractivity contribution >= 4 is 5.91 Å². The molecule has 2 rings (SSSR count). The van der Waals surface area contributed by atoms with Gasteiger partial charge in [-0.15, -0.1) is 0 Å². The molecule has 0 spiro atoms. The van der Waals surface area contributed by atoms with E-state index in [0.29, 0.717) is 25.0 Å². The number of carbonyl (C=O) groups excluding carboxylic acids is 1. The highest BCUT2D eigenvalue weighted by Gasteiger charge is 2.34. The molecule has 2 aliphatic heterocycles. The zero-order chi connectivity index (χ0) is 15.5. The SMILES string of the molecule is CC(=O)N1CCC(NCC2CCN(CC(F)(F)F)C2)CC1. The van der Waals surface area contributed by atoms with Crippen molar-refractivity contribution in [2.45, 2.75) is 38.4 Å². The van der Waals surface area contributed by atoms with Crippen LogP contribution in [0.2, 0.25) is 0 Å². The standard InChI is InChI=1S/C14H24F3N3O/c1-11(21)20-6-3-13(4-7-20)18-8-12-2-5-19(9-12)10-14(15,16)17/h12-13,18H,2-10H2,1H3. The minimum atomic E-state index is -4.10. The van der Waals surface area contributed by atoms with Crippen molar-refractivity contribution in [3.05, 3.63) is 0 Å². The Kier molecular flexibility index (Phi) is 5.48. The molecule has 1 unspecified atom stereocenters. The average molecular weight is 307 g/mol. The molecule has 2 fully saturated rings. The van der Waals surface area contributed by atoms with Gasteiger partial charge in [0.05, 0.1) is 6.54 Å². The van der Waals surface area contributed by atoms with Gasteiger partial charge in [-0.3, -0.25) is 9.69 Å². The smallest absolute Gasteiger partial charge is 0.343 e. The van der Waals surface area contributed by atoms with Crippen LogP contribution in [0.5, 0.6) is 0 Å². The molecule has 0 aromatic carbocycles. The van der Waals surface area contributed by atoms with Crippen molar-refractivity contribution in [2.24, 2.45) is 5.92 Å². The molecule has 0 aliphatic carbocycles. The summed E-state index contributed by atoms with van der Waals surface area (Å²) < 4.78 is 37.0. The molecule has 7 heteroatoms. The number of hydrogen-bond donors (Lipinski definition) is 1. The molecular formula is C14H24F3N3O. The van der Waals surface area contributed by atoms with Crippen LogP contribution in [0, 0.1) is 5.92 Å². The summed E-state index contributed by atoms with van der Waals surface area (Å²) in [4.78, 5) is 14.6. The Morgan fingerprint density at radius 3 is 2.43 bits per heavy atom. The number of halogens is 3. The second-order valence-corrected chi connectivity index (χ2v) is 6.19. The van der Waals surface area contributed by atoms with E-state index in [1.165, 1.54) is 4.90 Å². The molecule has 0 radical (unpaired) electrons. The molecule has 1 amide bonds. The van der Waals surface area contributed by atoms with Gasteiger partial charge in [-0.05, 0) is 38.3 Å². The zero-order valence-corrected chi connectivity index (χ0v) is 12.5. The number of alkyl halides is 3. The Morgan fingerprint density at radius 1 is 1.19 bits per heavy atom. The van der Waals surface area contributed by atoms with Gasteiger partial charge in [-0.25, -0.2) is 0 Å². The first-order valence-electron chi connectivity index (χ1n) is 7.61. The largest absolute Gasteiger partial charge is 0.401 e. The van der Waals surface area contributed by atoms with Crippen LogP contribution in [-0.2, 0) is 4.79 Å². The number of hydrogen-bond acceptors (Lipinski definition) is 3. The molecule has 1 atom stereocenters. The third-order valence-electron chi connectivity index (χ3n) is 4.41. The first-order chi connectivity index (χ1) is 9.83. The van der Waals surface area contributed by atoms with Crippen LogP contribution >= 0.6 is 0 Å². The van der Waals surface area contributed by atoms with Crippen molar-refractivity contribution in [1.29, 1.82) is 0 Å². The first kappa shape index (κ1) is 16.5. The molecule has 4 nitrogen and oxygen atoms in total. The van der Waals surface area contributed by atoms with E-state index >= 15 is 0 Å². The fraction of sp³-hybridized carbons (Fsp3) is 0.929. The molecule has 21 heavy (non-hydrogen) atoms.